The molecule has 19 heavy (non-hydrogen) atoms. The molecule has 1 aliphatic carbocycles. The van der Waals surface area contributed by atoms with E-state index < -0.39 is 0 Å². The van der Waals surface area contributed by atoms with E-state index in [-0.39, 0.29) is 0 Å². The van der Waals surface area contributed by atoms with E-state index in [9.17, 15) is 0 Å². The maximum Gasteiger partial charge on any atom is 0.00309 e. The minimum Gasteiger partial charge on any atom is -0.392 e. The fourth-order valence-corrected chi connectivity index (χ4v) is 2.20. The number of rotatable bonds is 3. The van der Waals surface area contributed by atoms with Gasteiger partial charge in [0.15, 0.2) is 0 Å². The number of fused-ring (bicyclic) bond motifs is 1. The minimum absolute atomic E-state index is 1.09. The zero-order valence-corrected chi connectivity index (χ0v) is 12.8. The van der Waals surface area contributed by atoms with Gasteiger partial charge in [0.25, 0.3) is 0 Å². The molecular formula is C18H27N. The van der Waals surface area contributed by atoms with Crippen LogP contribution in [0.15, 0.2) is 47.7 Å². The SMILES string of the molecule is C=C(CCC)NC.CC1=C(C)Cc2ccccc2C1. The molecule has 1 aliphatic rings. The molecule has 0 radical (unpaired) electrons. The van der Waals surface area contributed by atoms with E-state index in [4.69, 9.17) is 0 Å². The molecule has 0 fully saturated rings. The summed E-state index contributed by atoms with van der Waals surface area (Å²) in [6.45, 7) is 10.4. The van der Waals surface area contributed by atoms with Crippen molar-refractivity contribution in [3.63, 3.8) is 0 Å². The summed E-state index contributed by atoms with van der Waals surface area (Å²) in [5, 5.41) is 2.97. The molecule has 1 aromatic carbocycles. The Bertz CT molecular complexity index is 422. The topological polar surface area (TPSA) is 12.0 Å². The second-order valence-corrected chi connectivity index (χ2v) is 5.29. The van der Waals surface area contributed by atoms with Gasteiger partial charge in [0.1, 0.15) is 0 Å². The summed E-state index contributed by atoms with van der Waals surface area (Å²) in [6, 6.07) is 8.75. The molecule has 0 saturated heterocycles. The van der Waals surface area contributed by atoms with Crippen LogP contribution in [-0.2, 0) is 12.8 Å². The first-order valence-corrected chi connectivity index (χ1v) is 7.16. The Hall–Kier alpha value is -1.50. The van der Waals surface area contributed by atoms with Gasteiger partial charge in [-0.1, -0.05) is 55.3 Å². The molecule has 104 valence electrons. The summed E-state index contributed by atoms with van der Waals surface area (Å²) in [4.78, 5) is 0. The van der Waals surface area contributed by atoms with Crippen LogP contribution in [0.25, 0.3) is 0 Å². The normalized spacial score (nSPS) is 13.3. The van der Waals surface area contributed by atoms with Crippen LogP contribution in [0.1, 0.15) is 44.7 Å². The predicted molar refractivity (Wildman–Crippen MR) is 85.3 cm³/mol. The lowest BCUT2D eigenvalue weighted by atomic mass is 9.88. The number of hydrogen-bond acceptors (Lipinski definition) is 1. The second kappa shape index (κ2) is 7.83. The molecule has 1 N–H and O–H groups in total. The van der Waals surface area contributed by atoms with Crippen LogP contribution in [0.4, 0.5) is 0 Å². The van der Waals surface area contributed by atoms with Crippen LogP contribution in [0.2, 0.25) is 0 Å². The molecule has 0 saturated carbocycles. The Balaban J connectivity index is 0.000000224. The molecule has 1 heteroatoms. The van der Waals surface area contributed by atoms with Crippen molar-refractivity contribution in [2.45, 2.75) is 46.5 Å². The van der Waals surface area contributed by atoms with Crippen LogP contribution in [0.3, 0.4) is 0 Å². The zero-order chi connectivity index (χ0) is 14.3. The number of allylic oxidation sites excluding steroid dienone is 3. The van der Waals surface area contributed by atoms with Crippen LogP contribution < -0.4 is 5.32 Å². The summed E-state index contributed by atoms with van der Waals surface area (Å²) >= 11 is 0. The summed E-state index contributed by atoms with van der Waals surface area (Å²) in [5.41, 5.74) is 7.26. The van der Waals surface area contributed by atoms with Gasteiger partial charge < -0.3 is 5.32 Å². The van der Waals surface area contributed by atoms with Crippen molar-refractivity contribution in [1.29, 1.82) is 0 Å². The van der Waals surface area contributed by atoms with Gasteiger partial charge in [-0.15, -0.1) is 0 Å². The number of nitrogens with one attached hydrogen (secondary N) is 1. The van der Waals surface area contributed by atoms with E-state index in [1.165, 1.54) is 17.5 Å². The van der Waals surface area contributed by atoms with Gasteiger partial charge in [-0.3, -0.25) is 0 Å². The number of benzene rings is 1. The summed E-state index contributed by atoms with van der Waals surface area (Å²) < 4.78 is 0. The molecule has 2 rings (SSSR count). The molecule has 0 bridgehead atoms. The standard InChI is InChI=1S/C12H14.C6H13N/c1-9-7-11-5-3-4-6-12(11)8-10(9)2;1-4-5-6(2)7-3/h3-6H,7-8H2,1-2H3;7H,2,4-5H2,1,3H3. The first kappa shape index (κ1) is 15.6. The van der Waals surface area contributed by atoms with Crippen molar-refractivity contribution in [2.75, 3.05) is 7.05 Å². The van der Waals surface area contributed by atoms with Crippen molar-refractivity contribution >= 4 is 0 Å². The molecule has 0 heterocycles. The molecule has 0 spiro atoms. The highest BCUT2D eigenvalue weighted by Gasteiger charge is 2.10. The summed E-state index contributed by atoms with van der Waals surface area (Å²) in [5.74, 6) is 0. The maximum absolute atomic E-state index is 3.75. The van der Waals surface area contributed by atoms with Crippen molar-refractivity contribution in [3.8, 4) is 0 Å². The molecular weight excluding hydrogens is 230 g/mol. The molecule has 1 aromatic rings. The van der Waals surface area contributed by atoms with Crippen LogP contribution in [0.5, 0.6) is 0 Å². The van der Waals surface area contributed by atoms with Crippen LogP contribution in [0, 0.1) is 0 Å². The Labute approximate surface area is 118 Å². The highest BCUT2D eigenvalue weighted by Crippen LogP contribution is 2.24. The minimum atomic E-state index is 1.09. The van der Waals surface area contributed by atoms with Gasteiger partial charge in [0, 0.05) is 12.7 Å². The van der Waals surface area contributed by atoms with Gasteiger partial charge >= 0.3 is 0 Å². The lowest BCUT2D eigenvalue weighted by molar-refractivity contribution is 0.821. The lowest BCUT2D eigenvalue weighted by Crippen LogP contribution is -2.04. The van der Waals surface area contributed by atoms with E-state index in [0.717, 1.165) is 25.0 Å². The third-order valence-corrected chi connectivity index (χ3v) is 3.66. The molecule has 0 atom stereocenters. The first-order chi connectivity index (χ1) is 9.08. The zero-order valence-electron chi connectivity index (χ0n) is 12.8. The average Bonchev–Trinajstić information content (AvgIpc) is 2.41. The lowest BCUT2D eigenvalue weighted by Gasteiger charge is -2.18. The Kier molecular flexibility index (Phi) is 6.41. The van der Waals surface area contributed by atoms with Crippen molar-refractivity contribution in [1.82, 2.24) is 5.32 Å². The average molecular weight is 257 g/mol. The Morgan fingerprint density at radius 1 is 1.11 bits per heavy atom. The van der Waals surface area contributed by atoms with Gasteiger partial charge in [-0.25, -0.2) is 0 Å². The maximum atomic E-state index is 3.75. The van der Waals surface area contributed by atoms with Gasteiger partial charge in [-0.05, 0) is 44.2 Å². The largest absolute Gasteiger partial charge is 0.392 e. The predicted octanol–water partition coefficient (Wildman–Crippen LogP) is 4.64. The first-order valence-electron chi connectivity index (χ1n) is 7.16. The van der Waals surface area contributed by atoms with Crippen molar-refractivity contribution < 1.29 is 0 Å². The highest BCUT2D eigenvalue weighted by molar-refractivity contribution is 5.39. The van der Waals surface area contributed by atoms with Crippen molar-refractivity contribution in [3.05, 3.63) is 58.8 Å². The van der Waals surface area contributed by atoms with Crippen molar-refractivity contribution in [2.24, 2.45) is 0 Å². The Morgan fingerprint density at radius 3 is 1.89 bits per heavy atom. The fraction of sp³-hybridized carbons (Fsp3) is 0.444. The van der Waals surface area contributed by atoms with Crippen LogP contribution >= 0.6 is 0 Å². The van der Waals surface area contributed by atoms with E-state index in [2.05, 4.69) is 56.9 Å². The molecule has 0 amide bonds. The summed E-state index contributed by atoms with van der Waals surface area (Å²) in [7, 11) is 1.90. The highest BCUT2D eigenvalue weighted by atomic mass is 14.8. The van der Waals surface area contributed by atoms with E-state index in [1.54, 1.807) is 11.1 Å². The monoisotopic (exact) mass is 257 g/mol. The van der Waals surface area contributed by atoms with E-state index >= 15 is 0 Å². The Morgan fingerprint density at radius 2 is 1.58 bits per heavy atom. The molecule has 0 aromatic heterocycles. The van der Waals surface area contributed by atoms with Gasteiger partial charge in [0.05, 0.1) is 0 Å². The van der Waals surface area contributed by atoms with Gasteiger partial charge in [-0.2, -0.15) is 0 Å². The van der Waals surface area contributed by atoms with E-state index in [0.29, 0.717) is 0 Å². The third kappa shape index (κ3) is 4.94. The quantitative estimate of drug-likeness (QED) is 0.778. The van der Waals surface area contributed by atoms with Gasteiger partial charge in [0.2, 0.25) is 0 Å². The third-order valence-electron chi connectivity index (χ3n) is 3.66. The summed E-state index contributed by atoms with van der Waals surface area (Å²) in [6.07, 6.45) is 4.58. The fourth-order valence-electron chi connectivity index (χ4n) is 2.20. The smallest absolute Gasteiger partial charge is 0.00309 e. The number of hydrogen-bond donors (Lipinski definition) is 1. The second-order valence-electron chi connectivity index (χ2n) is 5.29. The van der Waals surface area contributed by atoms with E-state index in [1.807, 2.05) is 7.05 Å². The molecule has 0 unspecified atom stereocenters. The molecule has 0 aliphatic heterocycles. The molecule has 1 nitrogen and oxygen atoms in total. The van der Waals surface area contributed by atoms with Crippen LogP contribution in [-0.4, -0.2) is 7.05 Å².